The lowest BCUT2D eigenvalue weighted by Gasteiger charge is -2.25. The molecule has 6 heteroatoms. The molecular weight excluding hydrogens is 297 g/mol. The van der Waals surface area contributed by atoms with E-state index in [0.29, 0.717) is 17.1 Å². The maximum absolute atomic E-state index is 13.6. The third-order valence-electron chi connectivity index (χ3n) is 3.54. The van der Waals surface area contributed by atoms with Gasteiger partial charge in [-0.05, 0) is 44.4 Å². The van der Waals surface area contributed by atoms with Crippen molar-refractivity contribution in [3.63, 3.8) is 0 Å². The summed E-state index contributed by atoms with van der Waals surface area (Å²) in [6, 6.07) is 10.9. The fourth-order valence-corrected chi connectivity index (χ4v) is 2.59. The molecule has 2 amide bonds. The Morgan fingerprint density at radius 1 is 1.17 bits per heavy atom. The molecule has 0 radical (unpaired) electrons. The lowest BCUT2D eigenvalue weighted by Crippen LogP contribution is -2.35. The van der Waals surface area contributed by atoms with Crippen LogP contribution in [0.15, 0.2) is 42.5 Å². The Hall–Kier alpha value is -2.73. The number of fused-ring (bicyclic) bond motifs is 2. The number of nitrogens with one attached hydrogen (secondary N) is 1. The molecule has 23 heavy (non-hydrogen) atoms. The summed E-state index contributed by atoms with van der Waals surface area (Å²) in [4.78, 5) is 28.3. The molecule has 0 bridgehead atoms. The summed E-state index contributed by atoms with van der Waals surface area (Å²) in [7, 11) is 3.58. The van der Waals surface area contributed by atoms with Gasteiger partial charge in [-0.15, -0.1) is 0 Å². The van der Waals surface area contributed by atoms with Gasteiger partial charge < -0.3 is 10.2 Å². The predicted octanol–water partition coefficient (Wildman–Crippen LogP) is 2.62. The number of hydrogen-bond acceptors (Lipinski definition) is 3. The number of anilines is 3. The third-order valence-corrected chi connectivity index (χ3v) is 3.54. The van der Waals surface area contributed by atoms with Crippen molar-refractivity contribution in [1.82, 2.24) is 4.90 Å². The molecule has 0 aliphatic carbocycles. The smallest absolute Gasteiger partial charge is 0.257 e. The van der Waals surface area contributed by atoms with Gasteiger partial charge in [0.25, 0.3) is 5.91 Å². The van der Waals surface area contributed by atoms with Gasteiger partial charge in [0.2, 0.25) is 5.91 Å². The van der Waals surface area contributed by atoms with E-state index in [1.807, 2.05) is 0 Å². The van der Waals surface area contributed by atoms with Crippen LogP contribution in [0.5, 0.6) is 0 Å². The van der Waals surface area contributed by atoms with Crippen LogP contribution in [0, 0.1) is 5.82 Å². The van der Waals surface area contributed by atoms with Crippen molar-refractivity contribution in [2.75, 3.05) is 30.9 Å². The Morgan fingerprint density at radius 2 is 1.91 bits per heavy atom. The summed E-state index contributed by atoms with van der Waals surface area (Å²) < 4.78 is 13.6. The minimum atomic E-state index is -0.523. The SMILES string of the molecule is CN(C)CC(=O)N1c2ccccc2NC(=O)c2cc(F)ccc21. The van der Waals surface area contributed by atoms with E-state index in [1.165, 1.54) is 17.0 Å². The lowest BCUT2D eigenvalue weighted by molar-refractivity contribution is -0.118. The fraction of sp³-hybridized carbons (Fsp3) is 0.176. The Labute approximate surface area is 133 Å². The summed E-state index contributed by atoms with van der Waals surface area (Å²) in [6.07, 6.45) is 0. The van der Waals surface area contributed by atoms with Crippen LogP contribution in [0.2, 0.25) is 0 Å². The van der Waals surface area contributed by atoms with Crippen molar-refractivity contribution in [3.05, 3.63) is 53.8 Å². The molecule has 0 saturated carbocycles. The first kappa shape index (κ1) is 15.2. The van der Waals surface area contributed by atoms with Crippen molar-refractivity contribution in [3.8, 4) is 0 Å². The second kappa shape index (κ2) is 5.81. The number of benzene rings is 2. The summed E-state index contributed by atoms with van der Waals surface area (Å²) >= 11 is 0. The number of hydrogen-bond donors (Lipinski definition) is 1. The molecular formula is C17H16FN3O2. The van der Waals surface area contributed by atoms with E-state index in [0.717, 1.165) is 6.07 Å². The highest BCUT2D eigenvalue weighted by molar-refractivity contribution is 6.17. The molecule has 2 aromatic rings. The number of carbonyl (C=O) groups excluding carboxylic acids is 2. The second-order valence-corrected chi connectivity index (χ2v) is 5.60. The molecule has 118 valence electrons. The van der Waals surface area contributed by atoms with Crippen LogP contribution in [0.4, 0.5) is 21.5 Å². The number of halogens is 1. The molecule has 0 spiro atoms. The molecule has 1 heterocycles. The second-order valence-electron chi connectivity index (χ2n) is 5.60. The minimum Gasteiger partial charge on any atom is -0.320 e. The number of amides is 2. The van der Waals surface area contributed by atoms with Gasteiger partial charge >= 0.3 is 0 Å². The number of nitrogens with zero attached hydrogens (tertiary/aromatic N) is 2. The van der Waals surface area contributed by atoms with E-state index in [-0.39, 0.29) is 18.0 Å². The average Bonchev–Trinajstić information content (AvgIpc) is 2.61. The number of rotatable bonds is 2. The van der Waals surface area contributed by atoms with Crippen LogP contribution in [-0.2, 0) is 4.79 Å². The summed E-state index contributed by atoms with van der Waals surface area (Å²) in [5.41, 5.74) is 1.59. The van der Waals surface area contributed by atoms with E-state index >= 15 is 0 Å². The first-order chi connectivity index (χ1) is 11.0. The number of para-hydroxylation sites is 2. The van der Waals surface area contributed by atoms with Crippen molar-refractivity contribution >= 4 is 28.9 Å². The van der Waals surface area contributed by atoms with Crippen LogP contribution < -0.4 is 10.2 Å². The maximum atomic E-state index is 13.6. The molecule has 1 aliphatic rings. The first-order valence-electron chi connectivity index (χ1n) is 7.15. The summed E-state index contributed by atoms with van der Waals surface area (Å²) in [5, 5.41) is 2.73. The van der Waals surface area contributed by atoms with E-state index in [4.69, 9.17) is 0 Å². The predicted molar refractivity (Wildman–Crippen MR) is 86.5 cm³/mol. The van der Waals surface area contributed by atoms with Crippen molar-refractivity contribution in [2.24, 2.45) is 0 Å². The number of likely N-dealkylation sites (N-methyl/N-ethyl adjacent to an activating group) is 1. The molecule has 0 saturated heterocycles. The zero-order chi connectivity index (χ0) is 16.6. The lowest BCUT2D eigenvalue weighted by atomic mass is 10.1. The Morgan fingerprint density at radius 3 is 2.65 bits per heavy atom. The van der Waals surface area contributed by atoms with E-state index < -0.39 is 11.7 Å². The molecule has 0 atom stereocenters. The van der Waals surface area contributed by atoms with Gasteiger partial charge in [-0.25, -0.2) is 4.39 Å². The van der Waals surface area contributed by atoms with Gasteiger partial charge in [0.05, 0.1) is 29.2 Å². The molecule has 5 nitrogen and oxygen atoms in total. The van der Waals surface area contributed by atoms with Gasteiger partial charge in [0, 0.05) is 0 Å². The van der Waals surface area contributed by atoms with Gasteiger partial charge in [0.15, 0.2) is 0 Å². The molecule has 0 aromatic heterocycles. The quantitative estimate of drug-likeness (QED) is 0.927. The Bertz CT molecular complexity index is 789. The fourth-order valence-electron chi connectivity index (χ4n) is 2.59. The van der Waals surface area contributed by atoms with Crippen LogP contribution in [0.1, 0.15) is 10.4 Å². The van der Waals surface area contributed by atoms with Crippen LogP contribution in [0.25, 0.3) is 0 Å². The zero-order valence-electron chi connectivity index (χ0n) is 12.8. The highest BCUT2D eigenvalue weighted by atomic mass is 19.1. The molecule has 3 rings (SSSR count). The number of carbonyl (C=O) groups is 2. The third kappa shape index (κ3) is 2.80. The zero-order valence-corrected chi connectivity index (χ0v) is 12.8. The van der Waals surface area contributed by atoms with E-state index in [2.05, 4.69) is 5.32 Å². The Kier molecular flexibility index (Phi) is 3.83. The molecule has 0 fully saturated rings. The summed E-state index contributed by atoms with van der Waals surface area (Å²) in [5.74, 6) is -1.16. The van der Waals surface area contributed by atoms with E-state index in [1.54, 1.807) is 43.3 Å². The van der Waals surface area contributed by atoms with Gasteiger partial charge in [-0.1, -0.05) is 12.1 Å². The summed E-state index contributed by atoms with van der Waals surface area (Å²) in [6.45, 7) is 0.166. The van der Waals surface area contributed by atoms with Gasteiger partial charge in [-0.2, -0.15) is 0 Å². The van der Waals surface area contributed by atoms with Crippen LogP contribution in [0.3, 0.4) is 0 Å². The van der Waals surface area contributed by atoms with Crippen LogP contribution in [-0.4, -0.2) is 37.4 Å². The monoisotopic (exact) mass is 313 g/mol. The minimum absolute atomic E-state index is 0.133. The van der Waals surface area contributed by atoms with Gasteiger partial charge in [-0.3, -0.25) is 14.5 Å². The normalized spacial score (nSPS) is 13.2. The molecule has 1 aliphatic heterocycles. The van der Waals surface area contributed by atoms with E-state index in [9.17, 15) is 14.0 Å². The van der Waals surface area contributed by atoms with Crippen molar-refractivity contribution < 1.29 is 14.0 Å². The molecule has 2 aromatic carbocycles. The molecule has 1 N–H and O–H groups in total. The topological polar surface area (TPSA) is 52.7 Å². The van der Waals surface area contributed by atoms with Crippen LogP contribution >= 0.6 is 0 Å². The first-order valence-corrected chi connectivity index (χ1v) is 7.15. The standard InChI is InChI=1S/C17H16FN3O2/c1-20(2)10-16(22)21-14-8-7-11(18)9-12(14)17(23)19-13-5-3-4-6-15(13)21/h3-9H,10H2,1-2H3,(H,19,23). The highest BCUT2D eigenvalue weighted by Crippen LogP contribution is 2.38. The largest absolute Gasteiger partial charge is 0.320 e. The average molecular weight is 313 g/mol. The molecule has 0 unspecified atom stereocenters. The maximum Gasteiger partial charge on any atom is 0.257 e. The Balaban J connectivity index is 2.22. The van der Waals surface area contributed by atoms with Crippen molar-refractivity contribution in [1.29, 1.82) is 0 Å². The van der Waals surface area contributed by atoms with Crippen molar-refractivity contribution in [2.45, 2.75) is 0 Å². The highest BCUT2D eigenvalue weighted by Gasteiger charge is 2.29. The van der Waals surface area contributed by atoms with Gasteiger partial charge in [0.1, 0.15) is 5.82 Å².